The average molecular weight is 279 g/mol. The van der Waals surface area contributed by atoms with Crippen LogP contribution < -0.4 is 5.32 Å². The van der Waals surface area contributed by atoms with Crippen molar-refractivity contribution >= 4 is 11.6 Å². The SMILES string of the molecule is CC(c1ccc(Cl)cc1)N(C)CC1CC2CCC1N2. The van der Waals surface area contributed by atoms with Gasteiger partial charge in [-0.1, -0.05) is 23.7 Å². The monoisotopic (exact) mass is 278 g/mol. The molecule has 0 radical (unpaired) electrons. The summed E-state index contributed by atoms with van der Waals surface area (Å²) in [5.41, 5.74) is 1.35. The Kier molecular flexibility index (Phi) is 3.84. The molecule has 19 heavy (non-hydrogen) atoms. The molecule has 3 rings (SSSR count). The Morgan fingerprint density at radius 3 is 2.63 bits per heavy atom. The summed E-state index contributed by atoms with van der Waals surface area (Å²) in [4.78, 5) is 2.48. The van der Waals surface area contributed by atoms with Gasteiger partial charge >= 0.3 is 0 Å². The van der Waals surface area contributed by atoms with E-state index < -0.39 is 0 Å². The summed E-state index contributed by atoms with van der Waals surface area (Å²) in [7, 11) is 2.24. The van der Waals surface area contributed by atoms with E-state index in [-0.39, 0.29) is 0 Å². The van der Waals surface area contributed by atoms with E-state index in [1.54, 1.807) is 0 Å². The lowest BCUT2D eigenvalue weighted by molar-refractivity contribution is 0.202. The Balaban J connectivity index is 1.60. The minimum Gasteiger partial charge on any atom is -0.311 e. The van der Waals surface area contributed by atoms with Crippen LogP contribution in [0, 0.1) is 5.92 Å². The quantitative estimate of drug-likeness (QED) is 0.907. The molecule has 0 spiro atoms. The molecular formula is C16H23ClN2. The van der Waals surface area contributed by atoms with Crippen LogP contribution in [0.1, 0.15) is 37.8 Å². The number of fused-ring (bicyclic) bond motifs is 2. The van der Waals surface area contributed by atoms with E-state index in [0.29, 0.717) is 6.04 Å². The van der Waals surface area contributed by atoms with Gasteiger partial charge in [-0.05, 0) is 56.8 Å². The number of nitrogens with one attached hydrogen (secondary N) is 1. The van der Waals surface area contributed by atoms with E-state index in [4.69, 9.17) is 11.6 Å². The van der Waals surface area contributed by atoms with Gasteiger partial charge in [0.25, 0.3) is 0 Å². The van der Waals surface area contributed by atoms with Gasteiger partial charge in [0.1, 0.15) is 0 Å². The van der Waals surface area contributed by atoms with Crippen LogP contribution in [0.2, 0.25) is 5.02 Å². The molecule has 0 amide bonds. The van der Waals surface area contributed by atoms with Crippen LogP contribution in [0.4, 0.5) is 0 Å². The third-order valence-electron chi connectivity index (χ3n) is 4.97. The van der Waals surface area contributed by atoms with Gasteiger partial charge in [0.2, 0.25) is 0 Å². The molecule has 2 heterocycles. The lowest BCUT2D eigenvalue weighted by Gasteiger charge is -2.30. The Labute approximate surface area is 121 Å². The number of hydrogen-bond acceptors (Lipinski definition) is 2. The fraction of sp³-hybridized carbons (Fsp3) is 0.625. The second-order valence-electron chi connectivity index (χ2n) is 6.21. The minimum absolute atomic E-state index is 0.455. The van der Waals surface area contributed by atoms with Gasteiger partial charge in [-0.2, -0.15) is 0 Å². The maximum absolute atomic E-state index is 5.95. The molecule has 0 aromatic heterocycles. The largest absolute Gasteiger partial charge is 0.311 e. The first-order chi connectivity index (χ1) is 9.13. The Hall–Kier alpha value is -0.570. The molecule has 1 aromatic carbocycles. The number of nitrogens with zero attached hydrogens (tertiary/aromatic N) is 1. The molecule has 0 saturated carbocycles. The zero-order valence-electron chi connectivity index (χ0n) is 11.8. The summed E-state index contributed by atoms with van der Waals surface area (Å²) in [6, 6.07) is 10.3. The molecule has 4 atom stereocenters. The molecule has 2 saturated heterocycles. The first kappa shape index (κ1) is 13.4. The highest BCUT2D eigenvalue weighted by Crippen LogP contribution is 2.34. The Morgan fingerprint density at radius 2 is 2.05 bits per heavy atom. The van der Waals surface area contributed by atoms with Gasteiger partial charge in [0, 0.05) is 29.7 Å². The molecular weight excluding hydrogens is 256 g/mol. The van der Waals surface area contributed by atoms with E-state index in [1.165, 1.54) is 31.4 Å². The second kappa shape index (κ2) is 5.43. The summed E-state index contributed by atoms with van der Waals surface area (Å²) in [5.74, 6) is 0.832. The molecule has 1 N–H and O–H groups in total. The lowest BCUT2D eigenvalue weighted by atomic mass is 9.88. The van der Waals surface area contributed by atoms with E-state index in [9.17, 15) is 0 Å². The first-order valence-electron chi connectivity index (χ1n) is 7.35. The maximum Gasteiger partial charge on any atom is 0.0406 e. The molecule has 2 nitrogen and oxygen atoms in total. The fourth-order valence-electron chi connectivity index (χ4n) is 3.66. The zero-order valence-corrected chi connectivity index (χ0v) is 12.5. The van der Waals surface area contributed by atoms with Crippen LogP contribution in [0.3, 0.4) is 0 Å². The molecule has 2 aliphatic rings. The molecule has 2 bridgehead atoms. The predicted molar refractivity (Wildman–Crippen MR) is 80.5 cm³/mol. The average Bonchev–Trinajstić information content (AvgIpc) is 3.01. The van der Waals surface area contributed by atoms with Gasteiger partial charge in [-0.3, -0.25) is 4.90 Å². The lowest BCUT2D eigenvalue weighted by Crippen LogP contribution is -2.34. The summed E-state index contributed by atoms with van der Waals surface area (Å²) in [5, 5.41) is 4.54. The van der Waals surface area contributed by atoms with Crippen LogP contribution in [0.15, 0.2) is 24.3 Å². The smallest absolute Gasteiger partial charge is 0.0406 e. The van der Waals surface area contributed by atoms with E-state index in [0.717, 1.165) is 23.0 Å². The van der Waals surface area contributed by atoms with Crippen molar-refractivity contribution < 1.29 is 0 Å². The van der Waals surface area contributed by atoms with E-state index >= 15 is 0 Å². The third kappa shape index (κ3) is 2.81. The van der Waals surface area contributed by atoms with Gasteiger partial charge < -0.3 is 5.32 Å². The van der Waals surface area contributed by atoms with Crippen molar-refractivity contribution in [1.29, 1.82) is 0 Å². The van der Waals surface area contributed by atoms with Crippen molar-refractivity contribution in [3.8, 4) is 0 Å². The minimum atomic E-state index is 0.455. The normalized spacial score (nSPS) is 31.1. The van der Waals surface area contributed by atoms with Crippen molar-refractivity contribution in [1.82, 2.24) is 10.2 Å². The molecule has 104 valence electrons. The summed E-state index contributed by atoms with van der Waals surface area (Å²) < 4.78 is 0. The van der Waals surface area contributed by atoms with Gasteiger partial charge in [0.05, 0.1) is 0 Å². The number of rotatable bonds is 4. The summed E-state index contributed by atoms with van der Waals surface area (Å²) in [6.45, 7) is 3.47. The van der Waals surface area contributed by atoms with Gasteiger partial charge in [-0.15, -0.1) is 0 Å². The summed E-state index contributed by atoms with van der Waals surface area (Å²) >= 11 is 5.95. The van der Waals surface area contributed by atoms with Crippen molar-refractivity contribution in [2.45, 2.75) is 44.3 Å². The first-order valence-corrected chi connectivity index (χ1v) is 7.73. The Morgan fingerprint density at radius 1 is 1.32 bits per heavy atom. The molecule has 4 unspecified atom stereocenters. The topological polar surface area (TPSA) is 15.3 Å². The maximum atomic E-state index is 5.95. The molecule has 0 aliphatic carbocycles. The zero-order chi connectivity index (χ0) is 13.4. The van der Waals surface area contributed by atoms with Crippen molar-refractivity contribution in [2.75, 3.05) is 13.6 Å². The van der Waals surface area contributed by atoms with Crippen LogP contribution in [0.25, 0.3) is 0 Å². The van der Waals surface area contributed by atoms with E-state index in [2.05, 4.69) is 36.3 Å². The molecule has 2 fully saturated rings. The number of halogens is 1. The number of hydrogen-bond donors (Lipinski definition) is 1. The van der Waals surface area contributed by atoms with Gasteiger partial charge in [0.15, 0.2) is 0 Å². The standard InChI is InChI=1S/C16H23ClN2/c1-11(12-3-5-14(17)6-4-12)19(2)10-13-9-15-7-8-16(13)18-15/h3-6,11,13,15-16,18H,7-10H2,1-2H3. The molecule has 2 aliphatic heterocycles. The van der Waals surface area contributed by atoms with Crippen LogP contribution in [-0.2, 0) is 0 Å². The van der Waals surface area contributed by atoms with Crippen molar-refractivity contribution in [3.05, 3.63) is 34.9 Å². The van der Waals surface area contributed by atoms with Crippen LogP contribution in [0.5, 0.6) is 0 Å². The van der Waals surface area contributed by atoms with Crippen LogP contribution in [-0.4, -0.2) is 30.6 Å². The molecule has 3 heteroatoms. The predicted octanol–water partition coefficient (Wildman–Crippen LogP) is 3.47. The third-order valence-corrected chi connectivity index (χ3v) is 5.22. The summed E-state index contributed by atoms with van der Waals surface area (Å²) in [6.07, 6.45) is 4.12. The van der Waals surface area contributed by atoms with Gasteiger partial charge in [-0.25, -0.2) is 0 Å². The van der Waals surface area contributed by atoms with E-state index in [1.807, 2.05) is 12.1 Å². The highest BCUT2D eigenvalue weighted by Gasteiger charge is 2.39. The Bertz CT molecular complexity index is 431. The van der Waals surface area contributed by atoms with Crippen molar-refractivity contribution in [2.24, 2.45) is 5.92 Å². The fourth-order valence-corrected chi connectivity index (χ4v) is 3.79. The highest BCUT2D eigenvalue weighted by atomic mass is 35.5. The number of benzene rings is 1. The van der Waals surface area contributed by atoms with Crippen molar-refractivity contribution in [3.63, 3.8) is 0 Å². The highest BCUT2D eigenvalue weighted by molar-refractivity contribution is 6.30. The van der Waals surface area contributed by atoms with Crippen LogP contribution >= 0.6 is 11.6 Å². The molecule has 1 aromatic rings. The second-order valence-corrected chi connectivity index (χ2v) is 6.65.